The zero-order chi connectivity index (χ0) is 13.9. The van der Waals surface area contributed by atoms with E-state index in [2.05, 4.69) is 45.5 Å². The molecule has 0 amide bonds. The van der Waals surface area contributed by atoms with Crippen LogP contribution in [0, 0.1) is 5.82 Å². The Morgan fingerprint density at radius 2 is 1.90 bits per heavy atom. The molecule has 1 N–H and O–H groups in total. The molecule has 3 heteroatoms. The second-order valence-electron chi connectivity index (χ2n) is 5.24. The fourth-order valence-corrected chi connectivity index (χ4v) is 3.34. The summed E-state index contributed by atoms with van der Waals surface area (Å²) in [6.07, 6.45) is 4.52. The number of hydrogen-bond donors (Lipinski definition) is 1. The second-order valence-corrected chi connectivity index (χ2v) is 6.09. The van der Waals surface area contributed by atoms with E-state index in [1.54, 1.807) is 6.07 Å². The zero-order valence-corrected chi connectivity index (χ0v) is 12.8. The van der Waals surface area contributed by atoms with Crippen LogP contribution >= 0.6 is 15.9 Å². The van der Waals surface area contributed by atoms with Crippen LogP contribution in [0.3, 0.4) is 0 Å². The fraction of sp³-hybridized carbons (Fsp3) is 0.294. The van der Waals surface area contributed by atoms with Gasteiger partial charge in [0.25, 0.3) is 0 Å². The number of fused-ring (bicyclic) bond motifs is 1. The highest BCUT2D eigenvalue weighted by Gasteiger charge is 2.20. The average molecular weight is 334 g/mol. The van der Waals surface area contributed by atoms with E-state index in [4.69, 9.17) is 0 Å². The molecule has 0 aliphatic heterocycles. The summed E-state index contributed by atoms with van der Waals surface area (Å²) >= 11 is 3.43. The molecular formula is C17H17BrFN. The summed E-state index contributed by atoms with van der Waals surface area (Å²) in [5.74, 6) is -0.207. The average Bonchev–Trinajstić information content (AvgIpc) is 2.66. The number of halogens is 2. The molecule has 0 saturated heterocycles. The molecule has 20 heavy (non-hydrogen) atoms. The van der Waals surface area contributed by atoms with Gasteiger partial charge in [0.05, 0.1) is 11.7 Å². The van der Waals surface area contributed by atoms with Crippen LogP contribution in [0.15, 0.2) is 46.9 Å². The molecule has 1 aliphatic rings. The maximum absolute atomic E-state index is 14.0. The van der Waals surface area contributed by atoms with Crippen molar-refractivity contribution in [2.75, 3.05) is 5.32 Å². The lowest BCUT2D eigenvalue weighted by molar-refractivity contribution is 0.611. The Morgan fingerprint density at radius 1 is 1.05 bits per heavy atom. The molecule has 0 spiro atoms. The summed E-state index contributed by atoms with van der Waals surface area (Å²) in [5, 5.41) is 3.39. The lowest BCUT2D eigenvalue weighted by Crippen LogP contribution is -2.12. The molecule has 1 nitrogen and oxygen atoms in total. The van der Waals surface area contributed by atoms with Crippen molar-refractivity contribution in [1.82, 2.24) is 0 Å². The highest BCUT2D eigenvalue weighted by atomic mass is 79.9. The van der Waals surface area contributed by atoms with E-state index in [0.29, 0.717) is 5.69 Å². The van der Waals surface area contributed by atoms with Crippen molar-refractivity contribution in [3.63, 3.8) is 0 Å². The summed E-state index contributed by atoms with van der Waals surface area (Å²) in [7, 11) is 0. The lowest BCUT2D eigenvalue weighted by Gasteiger charge is -2.21. The van der Waals surface area contributed by atoms with E-state index in [0.717, 1.165) is 17.3 Å². The molecular weight excluding hydrogens is 317 g/mol. The molecule has 1 unspecified atom stereocenters. The van der Waals surface area contributed by atoms with Crippen LogP contribution in [0.5, 0.6) is 0 Å². The van der Waals surface area contributed by atoms with E-state index in [9.17, 15) is 4.39 Å². The SMILES string of the molecule is Fc1cccc(Br)c1NC1CCCCc2ccccc21. The van der Waals surface area contributed by atoms with E-state index >= 15 is 0 Å². The van der Waals surface area contributed by atoms with E-state index in [-0.39, 0.29) is 11.9 Å². The predicted octanol–water partition coefficient (Wildman–Crippen LogP) is 5.47. The minimum absolute atomic E-state index is 0.182. The van der Waals surface area contributed by atoms with Crippen molar-refractivity contribution in [3.05, 3.63) is 63.9 Å². The third-order valence-electron chi connectivity index (χ3n) is 3.90. The monoisotopic (exact) mass is 333 g/mol. The van der Waals surface area contributed by atoms with E-state index in [1.807, 2.05) is 6.07 Å². The van der Waals surface area contributed by atoms with Gasteiger partial charge in [0.2, 0.25) is 0 Å². The van der Waals surface area contributed by atoms with Crippen molar-refractivity contribution in [2.24, 2.45) is 0 Å². The fourth-order valence-electron chi connectivity index (χ4n) is 2.88. The minimum atomic E-state index is -0.207. The molecule has 0 fully saturated rings. The predicted molar refractivity (Wildman–Crippen MR) is 84.5 cm³/mol. The smallest absolute Gasteiger partial charge is 0.147 e. The van der Waals surface area contributed by atoms with Gasteiger partial charge < -0.3 is 5.32 Å². The van der Waals surface area contributed by atoms with Gasteiger partial charge >= 0.3 is 0 Å². The normalized spacial score (nSPS) is 18.2. The molecule has 3 rings (SSSR count). The van der Waals surface area contributed by atoms with E-state index < -0.39 is 0 Å². The van der Waals surface area contributed by atoms with Gasteiger partial charge in [-0.05, 0) is 58.5 Å². The summed E-state index contributed by atoms with van der Waals surface area (Å²) in [6.45, 7) is 0. The van der Waals surface area contributed by atoms with Gasteiger partial charge in [-0.3, -0.25) is 0 Å². The number of benzene rings is 2. The quantitative estimate of drug-likeness (QED) is 0.718. The summed E-state index contributed by atoms with van der Waals surface area (Å²) in [5.41, 5.74) is 3.25. The topological polar surface area (TPSA) is 12.0 Å². The van der Waals surface area contributed by atoms with Gasteiger partial charge in [0.1, 0.15) is 5.82 Å². The lowest BCUT2D eigenvalue weighted by atomic mass is 9.99. The first-order chi connectivity index (χ1) is 9.75. The van der Waals surface area contributed by atoms with Crippen LogP contribution in [0.2, 0.25) is 0 Å². The van der Waals surface area contributed by atoms with Gasteiger partial charge in [-0.2, -0.15) is 0 Å². The minimum Gasteiger partial charge on any atom is -0.375 e. The molecule has 2 aromatic carbocycles. The largest absolute Gasteiger partial charge is 0.375 e. The van der Waals surface area contributed by atoms with Crippen molar-refractivity contribution in [2.45, 2.75) is 31.7 Å². The van der Waals surface area contributed by atoms with Gasteiger partial charge in [-0.25, -0.2) is 4.39 Å². The van der Waals surface area contributed by atoms with Crippen LogP contribution in [-0.4, -0.2) is 0 Å². The van der Waals surface area contributed by atoms with Crippen LogP contribution in [0.25, 0.3) is 0 Å². The Balaban J connectivity index is 1.94. The first-order valence-electron chi connectivity index (χ1n) is 7.04. The number of rotatable bonds is 2. The van der Waals surface area contributed by atoms with Crippen LogP contribution < -0.4 is 5.32 Å². The highest BCUT2D eigenvalue weighted by molar-refractivity contribution is 9.10. The first kappa shape index (κ1) is 13.6. The van der Waals surface area contributed by atoms with Gasteiger partial charge in [-0.15, -0.1) is 0 Å². The molecule has 0 heterocycles. The summed E-state index contributed by atoms with van der Waals surface area (Å²) in [6, 6.07) is 13.8. The third-order valence-corrected chi connectivity index (χ3v) is 4.56. The molecule has 1 atom stereocenters. The number of hydrogen-bond acceptors (Lipinski definition) is 1. The number of anilines is 1. The van der Waals surface area contributed by atoms with Crippen molar-refractivity contribution >= 4 is 21.6 Å². The maximum atomic E-state index is 14.0. The van der Waals surface area contributed by atoms with Crippen molar-refractivity contribution < 1.29 is 4.39 Å². The van der Waals surface area contributed by atoms with Crippen molar-refractivity contribution in [1.29, 1.82) is 0 Å². The molecule has 0 bridgehead atoms. The Hall–Kier alpha value is -1.35. The number of nitrogens with one attached hydrogen (secondary N) is 1. The van der Waals surface area contributed by atoms with Crippen LogP contribution in [0.1, 0.15) is 36.4 Å². The van der Waals surface area contributed by atoms with Gasteiger partial charge in [-0.1, -0.05) is 36.8 Å². The van der Waals surface area contributed by atoms with Gasteiger partial charge in [0, 0.05) is 4.47 Å². The Morgan fingerprint density at radius 3 is 2.75 bits per heavy atom. The Kier molecular flexibility index (Phi) is 4.06. The summed E-state index contributed by atoms with van der Waals surface area (Å²) < 4.78 is 14.8. The van der Waals surface area contributed by atoms with Crippen LogP contribution in [-0.2, 0) is 6.42 Å². The number of aryl methyl sites for hydroxylation is 1. The Labute approximate surface area is 127 Å². The first-order valence-corrected chi connectivity index (χ1v) is 7.83. The van der Waals surface area contributed by atoms with E-state index in [1.165, 1.54) is 30.0 Å². The van der Waals surface area contributed by atoms with Gasteiger partial charge in [0.15, 0.2) is 0 Å². The third kappa shape index (κ3) is 2.73. The highest BCUT2D eigenvalue weighted by Crippen LogP contribution is 2.34. The summed E-state index contributed by atoms with van der Waals surface area (Å²) in [4.78, 5) is 0. The standard InChI is InChI=1S/C17H17BrFN/c18-14-9-5-10-15(19)17(14)20-16-11-4-2-7-12-6-1-3-8-13(12)16/h1,3,5-6,8-10,16,20H,2,4,7,11H2. The second kappa shape index (κ2) is 5.96. The molecule has 0 aromatic heterocycles. The van der Waals surface area contributed by atoms with Crippen LogP contribution in [0.4, 0.5) is 10.1 Å². The molecule has 2 aromatic rings. The molecule has 0 saturated carbocycles. The zero-order valence-electron chi connectivity index (χ0n) is 11.2. The Bertz CT molecular complexity index is 591. The van der Waals surface area contributed by atoms with Crippen molar-refractivity contribution in [3.8, 4) is 0 Å². The number of para-hydroxylation sites is 1. The molecule has 1 aliphatic carbocycles. The molecule has 104 valence electrons. The maximum Gasteiger partial charge on any atom is 0.147 e. The molecule has 0 radical (unpaired) electrons.